The fourth-order valence-corrected chi connectivity index (χ4v) is 4.87. The van der Waals surface area contributed by atoms with Gasteiger partial charge in [0.15, 0.2) is 11.1 Å². The molecule has 0 bridgehead atoms. The number of amides is 2. The van der Waals surface area contributed by atoms with Gasteiger partial charge in [-0.3, -0.25) is 9.59 Å². The highest BCUT2D eigenvalue weighted by Crippen LogP contribution is 2.32. The lowest BCUT2D eigenvalue weighted by molar-refractivity contribution is 0.0977. The van der Waals surface area contributed by atoms with Crippen molar-refractivity contribution in [3.8, 4) is 11.3 Å². The van der Waals surface area contributed by atoms with E-state index in [0.29, 0.717) is 27.9 Å². The second kappa shape index (κ2) is 10.8. The molecule has 4 N–H and O–H groups in total. The molecule has 0 aliphatic heterocycles. The zero-order valence-corrected chi connectivity index (χ0v) is 22.5. The summed E-state index contributed by atoms with van der Waals surface area (Å²) in [6.07, 6.45) is -1.88. The normalized spacial score (nSPS) is 12.1. The average molecular weight is 571 g/mol. The minimum Gasteiger partial charge on any atom is -0.464 e. The Kier molecular flexibility index (Phi) is 7.61. The van der Waals surface area contributed by atoms with Gasteiger partial charge in [-0.1, -0.05) is 48.0 Å². The molecule has 0 saturated heterocycles. The molecule has 0 fully saturated rings. The van der Waals surface area contributed by atoms with Crippen molar-refractivity contribution >= 4 is 50.5 Å². The van der Waals surface area contributed by atoms with Gasteiger partial charge in [0.05, 0.1) is 17.1 Å². The number of hydrogen-bond donors (Lipinski definition) is 4. The number of carboxylic acid groups (broad SMARTS) is 1. The standard InChI is InChI=1S/C26H23ClN4O7S/c1-13-11-17(24-18(12-13)22(32)14(2)23(38-24)16-7-5-4-6-8-16)15(3)28-19-9-10-20(27)29-21(19)25(33)30-39(36,37)31-26(34)35/h4-12,15,28,31H,1-3H3,(H,30,33)(H,34,35)/t15-/m1/s1. The number of hydrogen-bond acceptors (Lipinski definition) is 8. The Bertz CT molecular complexity index is 1770. The molecule has 4 rings (SSSR count). The molecule has 2 aromatic heterocycles. The van der Waals surface area contributed by atoms with E-state index in [4.69, 9.17) is 21.1 Å². The van der Waals surface area contributed by atoms with Gasteiger partial charge in [0, 0.05) is 16.7 Å². The van der Waals surface area contributed by atoms with Crippen LogP contribution < -0.4 is 20.2 Å². The van der Waals surface area contributed by atoms with Crippen LogP contribution in [-0.4, -0.2) is 30.5 Å². The SMILES string of the molecule is Cc1cc([C@@H](C)Nc2ccc(Cl)nc2C(=O)NS(=O)(=O)NC(=O)O)c2oc(-c3ccccc3)c(C)c(=O)c2c1. The van der Waals surface area contributed by atoms with Crippen LogP contribution in [0.15, 0.2) is 63.8 Å². The number of fused-ring (bicyclic) bond motifs is 1. The Morgan fingerprint density at radius 3 is 2.41 bits per heavy atom. The summed E-state index contributed by atoms with van der Waals surface area (Å²) in [6.45, 7) is 5.29. The van der Waals surface area contributed by atoms with Crippen LogP contribution in [0, 0.1) is 13.8 Å². The number of rotatable bonds is 7. The van der Waals surface area contributed by atoms with Crippen molar-refractivity contribution in [2.75, 3.05) is 5.32 Å². The zero-order chi connectivity index (χ0) is 28.5. The Labute approximate surface area is 228 Å². The van der Waals surface area contributed by atoms with Crippen LogP contribution in [-0.2, 0) is 10.2 Å². The molecule has 0 aliphatic rings. The number of nitrogens with zero attached hydrogens (tertiary/aromatic N) is 1. The van der Waals surface area contributed by atoms with Gasteiger partial charge in [0.25, 0.3) is 5.91 Å². The van der Waals surface area contributed by atoms with Crippen molar-refractivity contribution in [3.05, 3.63) is 92.4 Å². The number of aromatic nitrogens is 1. The lowest BCUT2D eigenvalue weighted by Crippen LogP contribution is -2.43. The van der Waals surface area contributed by atoms with E-state index in [-0.39, 0.29) is 16.3 Å². The van der Waals surface area contributed by atoms with E-state index in [0.717, 1.165) is 11.1 Å². The molecule has 4 aromatic rings. The monoisotopic (exact) mass is 570 g/mol. The third-order valence-corrected chi connectivity index (χ3v) is 6.90. The second-order valence-electron chi connectivity index (χ2n) is 8.72. The third kappa shape index (κ3) is 6.02. The van der Waals surface area contributed by atoms with E-state index in [2.05, 4.69) is 10.3 Å². The Morgan fingerprint density at radius 1 is 1.05 bits per heavy atom. The molecule has 2 heterocycles. The summed E-state index contributed by atoms with van der Waals surface area (Å²) in [6, 6.07) is 15.0. The average Bonchev–Trinajstić information content (AvgIpc) is 2.86. The van der Waals surface area contributed by atoms with Crippen molar-refractivity contribution in [3.63, 3.8) is 0 Å². The molecular formula is C26H23ClN4O7S. The topological polar surface area (TPSA) is 168 Å². The molecule has 2 amide bonds. The zero-order valence-electron chi connectivity index (χ0n) is 20.9. The number of anilines is 1. The van der Waals surface area contributed by atoms with Crippen molar-refractivity contribution < 1.29 is 27.5 Å². The van der Waals surface area contributed by atoms with Crippen LogP contribution in [0.1, 0.15) is 40.1 Å². The molecule has 1 atom stereocenters. The highest BCUT2D eigenvalue weighted by Gasteiger charge is 2.24. The lowest BCUT2D eigenvalue weighted by atomic mass is 9.98. The summed E-state index contributed by atoms with van der Waals surface area (Å²) in [5, 5.41) is 12.1. The maximum atomic E-state index is 13.3. The van der Waals surface area contributed by atoms with Crippen LogP contribution in [0.25, 0.3) is 22.3 Å². The highest BCUT2D eigenvalue weighted by atomic mass is 35.5. The van der Waals surface area contributed by atoms with Crippen molar-refractivity contribution in [2.45, 2.75) is 26.8 Å². The molecule has 13 heteroatoms. The molecular weight excluding hydrogens is 548 g/mol. The summed E-state index contributed by atoms with van der Waals surface area (Å²) in [7, 11) is -4.72. The number of benzene rings is 2. The van der Waals surface area contributed by atoms with Gasteiger partial charge in [-0.25, -0.2) is 19.2 Å². The first-order valence-corrected chi connectivity index (χ1v) is 13.4. The summed E-state index contributed by atoms with van der Waals surface area (Å²) >= 11 is 5.95. The number of carbonyl (C=O) groups is 2. The number of nitrogens with one attached hydrogen (secondary N) is 3. The lowest BCUT2D eigenvalue weighted by Gasteiger charge is -2.20. The van der Waals surface area contributed by atoms with Crippen LogP contribution in [0.4, 0.5) is 10.5 Å². The predicted molar refractivity (Wildman–Crippen MR) is 146 cm³/mol. The van der Waals surface area contributed by atoms with Crippen LogP contribution in [0.2, 0.25) is 5.15 Å². The summed E-state index contributed by atoms with van der Waals surface area (Å²) in [5.74, 6) is -0.793. The number of aryl methyl sites for hydroxylation is 1. The van der Waals surface area contributed by atoms with Gasteiger partial charge in [-0.2, -0.15) is 8.42 Å². The van der Waals surface area contributed by atoms with Gasteiger partial charge in [0.2, 0.25) is 0 Å². The second-order valence-corrected chi connectivity index (χ2v) is 10.5. The van der Waals surface area contributed by atoms with Crippen molar-refractivity contribution in [1.29, 1.82) is 0 Å². The highest BCUT2D eigenvalue weighted by molar-refractivity contribution is 7.88. The maximum Gasteiger partial charge on any atom is 0.419 e. The largest absolute Gasteiger partial charge is 0.464 e. The fraction of sp³-hybridized carbons (Fsp3) is 0.154. The van der Waals surface area contributed by atoms with E-state index < -0.39 is 33.9 Å². The van der Waals surface area contributed by atoms with Gasteiger partial charge >= 0.3 is 16.3 Å². The molecule has 0 radical (unpaired) electrons. The first-order valence-electron chi connectivity index (χ1n) is 11.5. The van der Waals surface area contributed by atoms with Crippen molar-refractivity contribution in [1.82, 2.24) is 14.4 Å². The van der Waals surface area contributed by atoms with E-state index in [1.807, 2.05) is 43.3 Å². The van der Waals surface area contributed by atoms with Gasteiger partial charge < -0.3 is 14.8 Å². The molecule has 202 valence electrons. The molecule has 11 nitrogen and oxygen atoms in total. The Balaban J connectivity index is 1.78. The first kappa shape index (κ1) is 27.6. The van der Waals surface area contributed by atoms with E-state index >= 15 is 0 Å². The van der Waals surface area contributed by atoms with Crippen LogP contribution >= 0.6 is 11.6 Å². The van der Waals surface area contributed by atoms with Crippen molar-refractivity contribution in [2.24, 2.45) is 0 Å². The summed E-state index contributed by atoms with van der Waals surface area (Å²) in [5.41, 5.74) is 2.45. The van der Waals surface area contributed by atoms with E-state index in [9.17, 15) is 22.8 Å². The Hall–Kier alpha value is -4.42. The third-order valence-electron chi connectivity index (χ3n) is 5.79. The molecule has 0 unspecified atom stereocenters. The minimum absolute atomic E-state index is 0.0994. The summed E-state index contributed by atoms with van der Waals surface area (Å²) < 4.78 is 32.9. The molecule has 39 heavy (non-hydrogen) atoms. The number of halogens is 1. The van der Waals surface area contributed by atoms with Gasteiger partial charge in [-0.15, -0.1) is 0 Å². The molecule has 0 saturated carbocycles. The van der Waals surface area contributed by atoms with E-state index in [1.54, 1.807) is 24.6 Å². The maximum absolute atomic E-state index is 13.3. The van der Waals surface area contributed by atoms with Gasteiger partial charge in [-0.05, 0) is 44.5 Å². The minimum atomic E-state index is -4.72. The number of pyridine rings is 1. The van der Waals surface area contributed by atoms with E-state index in [1.165, 1.54) is 16.9 Å². The smallest absolute Gasteiger partial charge is 0.419 e. The van der Waals surface area contributed by atoms with Crippen LogP contribution in [0.5, 0.6) is 0 Å². The number of carbonyl (C=O) groups excluding carboxylic acids is 1. The Morgan fingerprint density at radius 2 is 1.74 bits per heavy atom. The van der Waals surface area contributed by atoms with Crippen LogP contribution in [0.3, 0.4) is 0 Å². The molecule has 0 aliphatic carbocycles. The predicted octanol–water partition coefficient (Wildman–Crippen LogP) is 4.54. The first-order chi connectivity index (χ1) is 18.4. The summed E-state index contributed by atoms with van der Waals surface area (Å²) in [4.78, 5) is 40.7. The van der Waals surface area contributed by atoms with Gasteiger partial charge in [0.1, 0.15) is 16.5 Å². The quantitative estimate of drug-likeness (QED) is 0.233. The fourth-order valence-electron chi connectivity index (χ4n) is 4.10. The molecule has 0 spiro atoms. The molecule has 2 aromatic carbocycles.